The van der Waals surface area contributed by atoms with E-state index in [-0.39, 0.29) is 20.3 Å². The van der Waals surface area contributed by atoms with Crippen molar-refractivity contribution in [3.05, 3.63) is 0 Å². The fraction of sp³-hybridized carbons (Fsp3) is 1.00. The quantitative estimate of drug-likeness (QED) is 0.463. The van der Waals surface area contributed by atoms with Gasteiger partial charge in [0.2, 0.25) is 0 Å². The molecule has 0 atom stereocenters. The van der Waals surface area contributed by atoms with E-state index < -0.39 is 31.0 Å². The molecule has 0 radical (unpaired) electrons. The summed E-state index contributed by atoms with van der Waals surface area (Å²) >= 11 is 0. The maximum Gasteiger partial charge on any atom is 1.00 e. The molecule has 0 fully saturated rings. The second-order valence-corrected chi connectivity index (χ2v) is 4.93. The molecule has 0 saturated heterocycles. The zero-order chi connectivity index (χ0) is 14.5. The molecule has 0 aliphatic carbocycles. The predicted molar refractivity (Wildman–Crippen MR) is 32.9 cm³/mol. The Bertz CT molecular complexity index is 320. The van der Waals surface area contributed by atoms with Crippen LogP contribution in [0.3, 0.4) is 0 Å². The van der Waals surface area contributed by atoms with Crippen LogP contribution in [0.1, 0.15) is 1.43 Å². The summed E-state index contributed by atoms with van der Waals surface area (Å²) in [4.78, 5) is 7.86. The van der Waals surface area contributed by atoms with Crippen molar-refractivity contribution in [2.75, 3.05) is 0 Å². The minimum absolute atomic E-state index is 0. The van der Waals surface area contributed by atoms with Gasteiger partial charge in [-0.2, -0.15) is 43.9 Å². The molecule has 18 heavy (non-hydrogen) atoms. The second-order valence-electron chi connectivity index (χ2n) is 2.65. The van der Waals surface area contributed by atoms with Crippen molar-refractivity contribution in [3.63, 3.8) is 0 Å². The molecule has 0 heterocycles. The maximum atomic E-state index is 12.1. The fourth-order valence-electron chi connectivity index (χ4n) is 0.520. The van der Waals surface area contributed by atoms with Crippen molar-refractivity contribution in [2.45, 2.75) is 23.7 Å². The molecule has 0 aromatic carbocycles. The van der Waals surface area contributed by atoms with Crippen molar-refractivity contribution in [3.8, 4) is 0 Å². The van der Waals surface area contributed by atoms with Gasteiger partial charge in [-0.25, -0.2) is 0 Å². The van der Waals surface area contributed by atoms with Crippen LogP contribution in [0.15, 0.2) is 0 Å². The predicted octanol–water partition coefficient (Wildman–Crippen LogP) is 0.683. The van der Waals surface area contributed by atoms with Crippen LogP contribution in [0.4, 0.5) is 43.9 Å². The molecular formula is C4H2F10LiO2P. The summed E-state index contributed by atoms with van der Waals surface area (Å²) in [5, 5.41) is 0. The van der Waals surface area contributed by atoms with E-state index in [1.807, 2.05) is 0 Å². The molecule has 0 aromatic heterocycles. The average Bonchev–Trinajstić information content (AvgIpc) is 1.98. The number of alkyl halides is 10. The van der Waals surface area contributed by atoms with Crippen molar-refractivity contribution >= 4 is 7.37 Å². The molecule has 106 valence electrons. The first-order valence-electron chi connectivity index (χ1n) is 3.22. The Kier molecular flexibility index (Phi) is 5.54. The molecule has 0 aliphatic rings. The minimum atomic E-state index is -8.26. The fourth-order valence-corrected chi connectivity index (χ4v) is 1.56. The zero-order valence-electron chi connectivity index (χ0n) is 9.08. The SMILES string of the molecule is O=P(O)(C(F)(F)C(F)(F)F)C(F)(F)C(F)(F)F.[H-].[Li+]. The first-order valence-corrected chi connectivity index (χ1v) is 4.88. The molecule has 0 rings (SSSR count). The van der Waals surface area contributed by atoms with E-state index in [0.29, 0.717) is 0 Å². The number of hydrogen-bond donors (Lipinski definition) is 1. The third-order valence-electron chi connectivity index (χ3n) is 1.44. The Morgan fingerprint density at radius 2 is 0.889 bits per heavy atom. The first-order chi connectivity index (χ1) is 7.00. The average molecular weight is 310 g/mol. The van der Waals surface area contributed by atoms with Gasteiger partial charge in [0.15, 0.2) is 0 Å². The van der Waals surface area contributed by atoms with E-state index in [9.17, 15) is 48.5 Å². The molecule has 1 N–H and O–H groups in total. The summed E-state index contributed by atoms with van der Waals surface area (Å²) in [6, 6.07) is 0. The van der Waals surface area contributed by atoms with Crippen molar-refractivity contribution in [1.29, 1.82) is 0 Å². The summed E-state index contributed by atoms with van der Waals surface area (Å²) in [5.74, 6) is 0. The van der Waals surface area contributed by atoms with E-state index in [1.165, 1.54) is 0 Å². The van der Waals surface area contributed by atoms with Crippen LogP contribution in [0.25, 0.3) is 0 Å². The van der Waals surface area contributed by atoms with Gasteiger partial charge in [0, 0.05) is 0 Å². The Labute approximate surface area is 105 Å². The standard InChI is InChI=1S/C4HF10O2P.Li.H/c5-1(6,7)3(11,12)17(15,16)4(13,14)2(8,9)10;;/h(H,15,16);;/q;+1;-1. The van der Waals surface area contributed by atoms with E-state index in [2.05, 4.69) is 0 Å². The van der Waals surface area contributed by atoms with Gasteiger partial charge >= 0.3 is 49.9 Å². The van der Waals surface area contributed by atoms with Crippen LogP contribution in [-0.2, 0) is 4.57 Å². The summed E-state index contributed by atoms with van der Waals surface area (Å²) in [6.45, 7) is 0. The summed E-state index contributed by atoms with van der Waals surface area (Å²) in [5.41, 5.74) is -14.2. The Balaban J connectivity index is -0.00000128. The topological polar surface area (TPSA) is 37.3 Å². The molecular weight excluding hydrogens is 308 g/mol. The van der Waals surface area contributed by atoms with Crippen LogP contribution in [0.5, 0.6) is 0 Å². The van der Waals surface area contributed by atoms with Gasteiger partial charge in [-0.05, 0) is 0 Å². The molecule has 2 nitrogen and oxygen atoms in total. The number of rotatable bonds is 2. The molecule has 0 amide bonds. The maximum absolute atomic E-state index is 12.1. The van der Waals surface area contributed by atoms with Crippen molar-refractivity contribution in [2.24, 2.45) is 0 Å². The molecule has 14 heteroatoms. The molecule has 0 spiro atoms. The van der Waals surface area contributed by atoms with Crippen LogP contribution in [0, 0.1) is 0 Å². The van der Waals surface area contributed by atoms with Crippen LogP contribution in [0.2, 0.25) is 0 Å². The van der Waals surface area contributed by atoms with Crippen molar-refractivity contribution in [1.82, 2.24) is 0 Å². The number of hydrogen-bond acceptors (Lipinski definition) is 1. The van der Waals surface area contributed by atoms with Crippen molar-refractivity contribution < 1.29 is 73.6 Å². The smallest absolute Gasteiger partial charge is 1.00 e. The van der Waals surface area contributed by atoms with E-state index >= 15 is 0 Å². The molecule has 0 bridgehead atoms. The zero-order valence-corrected chi connectivity index (χ0v) is 8.98. The van der Waals surface area contributed by atoms with Gasteiger partial charge < -0.3 is 6.32 Å². The van der Waals surface area contributed by atoms with Gasteiger partial charge in [-0.15, -0.1) is 0 Å². The van der Waals surface area contributed by atoms with Gasteiger partial charge in [0.25, 0.3) is 0 Å². The monoisotopic (exact) mass is 310 g/mol. The van der Waals surface area contributed by atoms with Crippen LogP contribution in [-0.4, -0.2) is 28.6 Å². The van der Waals surface area contributed by atoms with Crippen LogP contribution < -0.4 is 18.9 Å². The minimum Gasteiger partial charge on any atom is -1.00 e. The summed E-state index contributed by atoms with van der Waals surface area (Å²) in [7, 11) is -8.26. The Morgan fingerprint density at radius 3 is 1.00 bits per heavy atom. The number of halogens is 10. The second kappa shape index (κ2) is 4.89. The van der Waals surface area contributed by atoms with Gasteiger partial charge in [-0.3, -0.25) is 4.57 Å². The molecule has 0 aromatic rings. The molecule has 0 aliphatic heterocycles. The summed E-state index contributed by atoms with van der Waals surface area (Å²) < 4.78 is 127. The largest absolute Gasteiger partial charge is 1.00 e. The van der Waals surface area contributed by atoms with Gasteiger partial charge in [0.05, 0.1) is 0 Å². The molecule has 0 unspecified atom stereocenters. The Hall–Kier alpha value is 0.0874. The third kappa shape index (κ3) is 2.81. The van der Waals surface area contributed by atoms with E-state index in [1.54, 1.807) is 0 Å². The molecule has 0 saturated carbocycles. The summed E-state index contributed by atoms with van der Waals surface area (Å²) in [6.07, 6.45) is -14.0. The van der Waals surface area contributed by atoms with E-state index in [4.69, 9.17) is 4.89 Å². The normalized spacial score (nSPS) is 15.3. The van der Waals surface area contributed by atoms with Gasteiger partial charge in [-0.1, -0.05) is 0 Å². The first kappa shape index (κ1) is 20.4. The van der Waals surface area contributed by atoms with Gasteiger partial charge in [0.1, 0.15) is 0 Å². The third-order valence-corrected chi connectivity index (χ3v) is 3.47. The van der Waals surface area contributed by atoms with E-state index in [0.717, 1.165) is 0 Å². The van der Waals surface area contributed by atoms with Crippen LogP contribution >= 0.6 is 7.37 Å². The Morgan fingerprint density at radius 1 is 0.722 bits per heavy atom.